The van der Waals surface area contributed by atoms with Gasteiger partial charge in [-0.2, -0.15) is 14.7 Å². The first-order valence-electron chi connectivity index (χ1n) is 10.9. The first-order chi connectivity index (χ1) is 16.3. The molecule has 1 fully saturated rings. The Labute approximate surface area is 199 Å². The Hall–Kier alpha value is -3.74. The molecule has 0 N–H and O–H groups in total. The van der Waals surface area contributed by atoms with Gasteiger partial charge in [0.25, 0.3) is 0 Å². The first-order valence-corrected chi connectivity index (χ1v) is 12.3. The second-order valence-electron chi connectivity index (χ2n) is 8.03. The van der Waals surface area contributed by atoms with Gasteiger partial charge in [-0.1, -0.05) is 18.2 Å². The topological polar surface area (TPSA) is 99.3 Å². The minimum absolute atomic E-state index is 0.146. The largest absolute Gasteiger partial charge is 0.337 e. The van der Waals surface area contributed by atoms with E-state index in [-0.39, 0.29) is 23.9 Å². The smallest absolute Gasteiger partial charge is 0.246 e. The zero-order valence-electron chi connectivity index (χ0n) is 19.0. The van der Waals surface area contributed by atoms with E-state index in [2.05, 4.69) is 5.10 Å². The Morgan fingerprint density at radius 2 is 1.65 bits per heavy atom. The maximum atomic E-state index is 12.9. The lowest BCUT2D eigenvalue weighted by molar-refractivity contribution is -0.127. The van der Waals surface area contributed by atoms with E-state index in [1.54, 1.807) is 11.0 Å². The molecule has 0 aliphatic carbocycles. The maximum absolute atomic E-state index is 12.9. The molecule has 4 rings (SSSR count). The van der Waals surface area contributed by atoms with Crippen LogP contribution < -0.4 is 0 Å². The molecule has 2 heterocycles. The summed E-state index contributed by atoms with van der Waals surface area (Å²) in [4.78, 5) is 14.6. The Bertz CT molecular complexity index is 1360. The lowest BCUT2D eigenvalue weighted by Gasteiger charge is -2.33. The molecule has 0 atom stereocenters. The van der Waals surface area contributed by atoms with E-state index in [1.807, 2.05) is 54.9 Å². The molecule has 3 aromatic rings. The molecule has 34 heavy (non-hydrogen) atoms. The number of carbonyl (C=O) groups is 1. The summed E-state index contributed by atoms with van der Waals surface area (Å²) in [6.45, 7) is 4.91. The van der Waals surface area contributed by atoms with Crippen LogP contribution in [0.2, 0.25) is 0 Å². The van der Waals surface area contributed by atoms with Crippen molar-refractivity contribution in [2.24, 2.45) is 0 Å². The van der Waals surface area contributed by atoms with Gasteiger partial charge < -0.3 is 4.90 Å². The van der Waals surface area contributed by atoms with Crippen LogP contribution in [0.25, 0.3) is 11.8 Å². The molecule has 1 aliphatic heterocycles. The van der Waals surface area contributed by atoms with Crippen molar-refractivity contribution in [3.63, 3.8) is 0 Å². The molecule has 1 saturated heterocycles. The number of aryl methyl sites for hydroxylation is 1. The van der Waals surface area contributed by atoms with E-state index in [4.69, 9.17) is 5.26 Å². The summed E-state index contributed by atoms with van der Waals surface area (Å²) < 4.78 is 29.0. The third-order valence-electron chi connectivity index (χ3n) is 5.91. The highest BCUT2D eigenvalue weighted by atomic mass is 32.2. The number of rotatable bonds is 5. The number of amides is 1. The second kappa shape index (κ2) is 9.63. The lowest BCUT2D eigenvalue weighted by Crippen LogP contribution is -2.50. The van der Waals surface area contributed by atoms with Gasteiger partial charge >= 0.3 is 0 Å². The molecule has 9 heteroatoms. The van der Waals surface area contributed by atoms with Gasteiger partial charge in [-0.3, -0.25) is 4.79 Å². The predicted octanol–water partition coefficient (Wildman–Crippen LogP) is 2.91. The third kappa shape index (κ3) is 4.64. The van der Waals surface area contributed by atoms with Gasteiger partial charge in [0.15, 0.2) is 0 Å². The van der Waals surface area contributed by atoms with Gasteiger partial charge in [0, 0.05) is 43.5 Å². The number of nitriles is 1. The van der Waals surface area contributed by atoms with Crippen LogP contribution in [0.1, 0.15) is 22.5 Å². The Morgan fingerprint density at radius 1 is 1.00 bits per heavy atom. The summed E-state index contributed by atoms with van der Waals surface area (Å²) >= 11 is 0. The molecule has 174 valence electrons. The van der Waals surface area contributed by atoms with Crippen LogP contribution in [0.3, 0.4) is 0 Å². The van der Waals surface area contributed by atoms with Crippen LogP contribution >= 0.6 is 0 Å². The van der Waals surface area contributed by atoms with Crippen molar-refractivity contribution in [3.05, 3.63) is 83.2 Å². The molecule has 0 spiro atoms. The molecular formula is C25H25N5O3S. The third-order valence-corrected chi connectivity index (χ3v) is 7.82. The van der Waals surface area contributed by atoms with Crippen molar-refractivity contribution < 1.29 is 13.2 Å². The van der Waals surface area contributed by atoms with Crippen molar-refractivity contribution in [2.45, 2.75) is 18.7 Å². The normalized spacial score (nSPS) is 14.9. The van der Waals surface area contributed by atoms with Crippen LogP contribution in [0.5, 0.6) is 0 Å². The highest BCUT2D eigenvalue weighted by molar-refractivity contribution is 7.89. The summed E-state index contributed by atoms with van der Waals surface area (Å²) in [7, 11) is -3.67. The molecule has 2 aromatic carbocycles. The predicted molar refractivity (Wildman–Crippen MR) is 129 cm³/mol. The van der Waals surface area contributed by atoms with E-state index >= 15 is 0 Å². The van der Waals surface area contributed by atoms with Gasteiger partial charge in [0.1, 0.15) is 0 Å². The molecule has 0 unspecified atom stereocenters. The van der Waals surface area contributed by atoms with Crippen LogP contribution in [0.4, 0.5) is 0 Å². The number of nitrogens with zero attached hydrogens (tertiary/aromatic N) is 5. The summed E-state index contributed by atoms with van der Waals surface area (Å²) in [6.07, 6.45) is 3.30. The van der Waals surface area contributed by atoms with Crippen LogP contribution in [0.15, 0.2) is 65.6 Å². The molecule has 1 aromatic heterocycles. The van der Waals surface area contributed by atoms with E-state index in [0.717, 1.165) is 22.6 Å². The Morgan fingerprint density at radius 3 is 2.26 bits per heavy atom. The highest BCUT2D eigenvalue weighted by Gasteiger charge is 2.29. The van der Waals surface area contributed by atoms with Crippen LogP contribution in [-0.2, 0) is 14.8 Å². The maximum Gasteiger partial charge on any atom is 0.246 e. The van der Waals surface area contributed by atoms with Crippen LogP contribution in [0, 0.1) is 25.2 Å². The summed E-state index contributed by atoms with van der Waals surface area (Å²) in [6, 6.07) is 17.6. The standard InChI is InChI=1S/C25H25N5O3S/c1-19-24(20(2)30(27-19)22-6-4-3-5-7-22)12-13-25(31)28-14-16-29(17-15-28)34(32,33)23-10-8-21(18-26)9-11-23/h3-13H,14-17H2,1-2H3/b13-12+. The second-order valence-corrected chi connectivity index (χ2v) is 9.97. The van der Waals surface area contributed by atoms with Crippen molar-refractivity contribution in [2.75, 3.05) is 26.2 Å². The number of carbonyl (C=O) groups excluding carboxylic acids is 1. The molecule has 1 aliphatic rings. The Balaban J connectivity index is 1.41. The molecule has 0 radical (unpaired) electrons. The summed E-state index contributed by atoms with van der Waals surface area (Å²) in [5.41, 5.74) is 4.00. The lowest BCUT2D eigenvalue weighted by atomic mass is 10.1. The minimum atomic E-state index is -3.67. The van der Waals surface area contributed by atoms with E-state index in [0.29, 0.717) is 18.7 Å². The molecule has 8 nitrogen and oxygen atoms in total. The molecule has 0 saturated carbocycles. The SMILES string of the molecule is Cc1nn(-c2ccccc2)c(C)c1/C=C/C(=O)N1CCN(S(=O)(=O)c2ccc(C#N)cc2)CC1. The van der Waals surface area contributed by atoms with Gasteiger partial charge in [-0.15, -0.1) is 0 Å². The Kier molecular flexibility index (Phi) is 6.63. The fourth-order valence-electron chi connectivity index (χ4n) is 3.98. The zero-order valence-corrected chi connectivity index (χ0v) is 19.9. The monoisotopic (exact) mass is 475 g/mol. The molecular weight excluding hydrogens is 450 g/mol. The highest BCUT2D eigenvalue weighted by Crippen LogP contribution is 2.21. The average Bonchev–Trinajstić information content (AvgIpc) is 3.16. The van der Waals surface area contributed by atoms with Crippen molar-refractivity contribution in [3.8, 4) is 11.8 Å². The van der Waals surface area contributed by atoms with Gasteiger partial charge in [-0.05, 0) is 56.3 Å². The average molecular weight is 476 g/mol. The van der Waals surface area contributed by atoms with Crippen LogP contribution in [-0.4, -0.2) is 59.5 Å². The number of hydrogen-bond donors (Lipinski definition) is 0. The number of hydrogen-bond acceptors (Lipinski definition) is 5. The zero-order chi connectivity index (χ0) is 24.3. The quantitative estimate of drug-likeness (QED) is 0.529. The van der Waals surface area contributed by atoms with Gasteiger partial charge in [-0.25, -0.2) is 13.1 Å². The minimum Gasteiger partial charge on any atom is -0.337 e. The molecule has 1 amide bonds. The first kappa shape index (κ1) is 23.4. The number of para-hydroxylation sites is 1. The van der Waals surface area contributed by atoms with Gasteiger partial charge in [0.2, 0.25) is 15.9 Å². The van der Waals surface area contributed by atoms with E-state index in [9.17, 15) is 13.2 Å². The fraction of sp³-hybridized carbons (Fsp3) is 0.240. The molecule has 0 bridgehead atoms. The van der Waals surface area contributed by atoms with Crippen molar-refractivity contribution >= 4 is 22.0 Å². The summed E-state index contributed by atoms with van der Waals surface area (Å²) in [5.74, 6) is -0.165. The van der Waals surface area contributed by atoms with E-state index < -0.39 is 10.0 Å². The van der Waals surface area contributed by atoms with E-state index in [1.165, 1.54) is 34.6 Å². The number of piperazine rings is 1. The van der Waals surface area contributed by atoms with Gasteiger partial charge in [0.05, 0.1) is 27.9 Å². The number of aromatic nitrogens is 2. The fourth-order valence-corrected chi connectivity index (χ4v) is 5.40. The summed E-state index contributed by atoms with van der Waals surface area (Å²) in [5, 5.41) is 13.5. The number of benzene rings is 2. The van der Waals surface area contributed by atoms with Crippen molar-refractivity contribution in [1.29, 1.82) is 5.26 Å². The number of sulfonamides is 1. The van der Waals surface area contributed by atoms with Crippen molar-refractivity contribution in [1.82, 2.24) is 19.0 Å².